The van der Waals surface area contributed by atoms with Crippen molar-refractivity contribution in [1.82, 2.24) is 4.90 Å². The van der Waals surface area contributed by atoms with Gasteiger partial charge in [-0.3, -0.25) is 14.5 Å². The highest BCUT2D eigenvalue weighted by Crippen LogP contribution is 2.47. The molecule has 2 atom stereocenters. The minimum atomic E-state index is -0.0257. The van der Waals surface area contributed by atoms with Crippen LogP contribution in [0.4, 0.5) is 0 Å². The van der Waals surface area contributed by atoms with Gasteiger partial charge in [0.25, 0.3) is 0 Å². The Labute approximate surface area is 92.0 Å². The molecule has 0 aromatic carbocycles. The Balaban J connectivity index is 2.06. The Kier molecular flexibility index (Phi) is 2.21. The number of alkyl halides is 1. The van der Waals surface area contributed by atoms with Gasteiger partial charge in [0.1, 0.15) is 0 Å². The van der Waals surface area contributed by atoms with Crippen molar-refractivity contribution in [2.24, 2.45) is 17.3 Å². The monoisotopic (exact) mass is 259 g/mol. The number of carbonyl (C=O) groups excluding carboxylic acids is 2. The van der Waals surface area contributed by atoms with E-state index in [9.17, 15) is 9.59 Å². The van der Waals surface area contributed by atoms with Gasteiger partial charge in [0.05, 0.1) is 11.8 Å². The van der Waals surface area contributed by atoms with Gasteiger partial charge < -0.3 is 0 Å². The zero-order chi connectivity index (χ0) is 10.5. The Bertz CT molecular complexity index is 280. The first kappa shape index (κ1) is 10.1. The van der Waals surface area contributed by atoms with Crippen molar-refractivity contribution in [2.45, 2.75) is 20.3 Å². The third-order valence-electron chi connectivity index (χ3n) is 2.90. The number of piperidine rings is 1. The fourth-order valence-electron chi connectivity index (χ4n) is 1.88. The van der Waals surface area contributed by atoms with Gasteiger partial charge in [0.15, 0.2) is 0 Å². The van der Waals surface area contributed by atoms with Crippen molar-refractivity contribution < 1.29 is 9.59 Å². The number of likely N-dealkylation sites (tertiary alicyclic amines) is 1. The quantitative estimate of drug-likeness (QED) is 0.568. The molecule has 0 radical (unpaired) electrons. The van der Waals surface area contributed by atoms with Crippen LogP contribution in [0.15, 0.2) is 0 Å². The van der Waals surface area contributed by atoms with E-state index in [4.69, 9.17) is 0 Å². The predicted molar refractivity (Wildman–Crippen MR) is 55.9 cm³/mol. The summed E-state index contributed by atoms with van der Waals surface area (Å²) in [7, 11) is 0. The van der Waals surface area contributed by atoms with Gasteiger partial charge in [-0.25, -0.2) is 0 Å². The van der Waals surface area contributed by atoms with E-state index in [1.165, 1.54) is 4.90 Å². The van der Waals surface area contributed by atoms with Crippen LogP contribution >= 0.6 is 15.9 Å². The van der Waals surface area contributed by atoms with Gasteiger partial charge in [-0.2, -0.15) is 0 Å². The van der Waals surface area contributed by atoms with Gasteiger partial charge in [-0.05, 0) is 11.8 Å². The van der Waals surface area contributed by atoms with E-state index < -0.39 is 0 Å². The molecular weight excluding hydrogens is 246 g/mol. The molecule has 1 saturated heterocycles. The van der Waals surface area contributed by atoms with Crippen LogP contribution in [-0.4, -0.2) is 28.6 Å². The molecule has 1 heterocycles. The maximum Gasteiger partial charge on any atom is 0.233 e. The van der Waals surface area contributed by atoms with E-state index in [-0.39, 0.29) is 29.1 Å². The summed E-state index contributed by atoms with van der Waals surface area (Å²) in [4.78, 5) is 24.7. The van der Waals surface area contributed by atoms with Crippen molar-refractivity contribution >= 4 is 27.7 Å². The number of hydrogen-bond donors (Lipinski definition) is 0. The van der Waals surface area contributed by atoms with Gasteiger partial charge >= 0.3 is 0 Å². The number of amides is 2. The first-order chi connectivity index (χ1) is 6.46. The summed E-state index contributed by atoms with van der Waals surface area (Å²) in [6, 6.07) is 0. The fourth-order valence-corrected chi connectivity index (χ4v) is 2.05. The molecule has 0 aromatic heterocycles. The maximum atomic E-state index is 11.6. The third kappa shape index (κ3) is 1.49. The normalized spacial score (nSPS) is 30.9. The summed E-state index contributed by atoms with van der Waals surface area (Å²) in [6.45, 7) is 4.64. The second kappa shape index (κ2) is 3.05. The lowest BCUT2D eigenvalue weighted by Crippen LogP contribution is -2.40. The molecule has 0 N–H and O–H groups in total. The van der Waals surface area contributed by atoms with Crippen molar-refractivity contribution in [2.75, 3.05) is 11.9 Å². The molecule has 0 aromatic rings. The zero-order valence-electron chi connectivity index (χ0n) is 8.42. The Morgan fingerprint density at radius 1 is 1.36 bits per heavy atom. The van der Waals surface area contributed by atoms with Crippen LogP contribution in [0.1, 0.15) is 20.3 Å². The molecule has 2 amide bonds. The summed E-state index contributed by atoms with van der Waals surface area (Å²) in [5.74, 6) is 0.172. The molecule has 2 fully saturated rings. The molecule has 0 spiro atoms. The number of halogens is 1. The molecule has 1 aliphatic carbocycles. The molecule has 3 nitrogen and oxygen atoms in total. The maximum absolute atomic E-state index is 11.6. The topological polar surface area (TPSA) is 37.4 Å². The van der Waals surface area contributed by atoms with Crippen LogP contribution < -0.4 is 0 Å². The summed E-state index contributed by atoms with van der Waals surface area (Å²) >= 11 is 3.40. The first-order valence-corrected chi connectivity index (χ1v) is 5.99. The molecule has 1 saturated carbocycles. The van der Waals surface area contributed by atoms with Crippen LogP contribution in [0.25, 0.3) is 0 Å². The number of imide groups is 1. The van der Waals surface area contributed by atoms with Gasteiger partial charge in [-0.15, -0.1) is 0 Å². The van der Waals surface area contributed by atoms with Crippen molar-refractivity contribution in [3.63, 3.8) is 0 Å². The number of fused-ring (bicyclic) bond motifs is 1. The summed E-state index contributed by atoms with van der Waals surface area (Å²) in [5.41, 5.74) is -0.0257. The lowest BCUT2D eigenvalue weighted by molar-refractivity contribution is -0.142. The van der Waals surface area contributed by atoms with E-state index in [0.717, 1.165) is 11.8 Å². The summed E-state index contributed by atoms with van der Waals surface area (Å²) in [6.07, 6.45) is 0.795. The largest absolute Gasteiger partial charge is 0.282 e. The average molecular weight is 260 g/mol. The second-order valence-corrected chi connectivity index (χ2v) is 5.57. The van der Waals surface area contributed by atoms with Crippen LogP contribution in [0.3, 0.4) is 0 Å². The van der Waals surface area contributed by atoms with Crippen molar-refractivity contribution in [1.29, 1.82) is 0 Å². The molecule has 0 bridgehead atoms. The van der Waals surface area contributed by atoms with E-state index >= 15 is 0 Å². The van der Waals surface area contributed by atoms with Gasteiger partial charge in [0.2, 0.25) is 11.8 Å². The smallest absolute Gasteiger partial charge is 0.233 e. The lowest BCUT2D eigenvalue weighted by Gasteiger charge is -2.28. The van der Waals surface area contributed by atoms with Crippen LogP contribution in [0.5, 0.6) is 0 Å². The lowest BCUT2D eigenvalue weighted by atomic mass is 9.96. The Morgan fingerprint density at radius 2 is 1.86 bits per heavy atom. The van der Waals surface area contributed by atoms with Crippen molar-refractivity contribution in [3.8, 4) is 0 Å². The standard InChI is InChI=1S/C10H14BrNO2/c1-10(2,4-11)5-12-8(13)6-3-7(6)9(12)14/h6-7H,3-5H2,1-2H3. The molecule has 2 rings (SSSR count). The highest BCUT2D eigenvalue weighted by Gasteiger charge is 2.59. The number of hydrogen-bond acceptors (Lipinski definition) is 2. The highest BCUT2D eigenvalue weighted by atomic mass is 79.9. The zero-order valence-corrected chi connectivity index (χ0v) is 10.0. The minimum absolute atomic E-state index is 0.0257. The number of rotatable bonds is 3. The molecule has 14 heavy (non-hydrogen) atoms. The Morgan fingerprint density at radius 3 is 2.29 bits per heavy atom. The van der Waals surface area contributed by atoms with Gasteiger partial charge in [0, 0.05) is 11.9 Å². The van der Waals surface area contributed by atoms with Crippen molar-refractivity contribution in [3.05, 3.63) is 0 Å². The van der Waals surface area contributed by atoms with E-state index in [0.29, 0.717) is 6.54 Å². The summed E-state index contributed by atoms with van der Waals surface area (Å²) in [5, 5.41) is 0.798. The molecule has 2 aliphatic rings. The second-order valence-electron chi connectivity index (χ2n) is 5.01. The molecule has 2 unspecified atom stereocenters. The SMILES string of the molecule is CC(C)(CBr)CN1C(=O)C2CC2C1=O. The third-order valence-corrected chi connectivity index (χ3v) is 4.42. The molecule has 1 aliphatic heterocycles. The average Bonchev–Trinajstić information content (AvgIpc) is 2.87. The first-order valence-electron chi connectivity index (χ1n) is 4.87. The number of nitrogens with zero attached hydrogens (tertiary/aromatic N) is 1. The highest BCUT2D eigenvalue weighted by molar-refractivity contribution is 9.09. The molecular formula is C10H14BrNO2. The fraction of sp³-hybridized carbons (Fsp3) is 0.800. The van der Waals surface area contributed by atoms with E-state index in [1.54, 1.807) is 0 Å². The molecule has 4 heteroatoms. The number of carbonyl (C=O) groups is 2. The Hall–Kier alpha value is -0.380. The van der Waals surface area contributed by atoms with E-state index in [2.05, 4.69) is 15.9 Å². The summed E-state index contributed by atoms with van der Waals surface area (Å²) < 4.78 is 0. The van der Waals surface area contributed by atoms with Crippen LogP contribution in [0.2, 0.25) is 0 Å². The van der Waals surface area contributed by atoms with Crippen LogP contribution in [0, 0.1) is 17.3 Å². The van der Waals surface area contributed by atoms with Crippen LogP contribution in [-0.2, 0) is 9.59 Å². The molecule has 78 valence electrons. The van der Waals surface area contributed by atoms with E-state index in [1.807, 2.05) is 13.8 Å². The predicted octanol–water partition coefficient (Wildman–Crippen LogP) is 1.41. The minimum Gasteiger partial charge on any atom is -0.282 e. The van der Waals surface area contributed by atoms with Gasteiger partial charge in [-0.1, -0.05) is 29.8 Å².